The first-order chi connectivity index (χ1) is 15.0. The maximum Gasteiger partial charge on any atom is 0.229 e. The first-order valence-electron chi connectivity index (χ1n) is 10.3. The number of anilines is 1. The molecule has 0 atom stereocenters. The number of nitrogens with zero attached hydrogens (tertiary/aromatic N) is 1. The molecule has 32 heavy (non-hydrogen) atoms. The number of carbonyl (C=O) groups is 1. The van der Waals surface area contributed by atoms with Crippen LogP contribution in [0.1, 0.15) is 26.3 Å². The smallest absolute Gasteiger partial charge is 0.229 e. The summed E-state index contributed by atoms with van der Waals surface area (Å²) in [6.07, 6.45) is 0. The Bertz CT molecular complexity index is 1460. The first-order valence-corrected chi connectivity index (χ1v) is 10.3. The molecule has 0 aliphatic carbocycles. The number of fused-ring (bicyclic) bond motifs is 2. The van der Waals surface area contributed by atoms with Crippen molar-refractivity contribution < 1.29 is 13.6 Å². The molecule has 0 radical (unpaired) electrons. The summed E-state index contributed by atoms with van der Waals surface area (Å²) in [4.78, 5) is 26.2. The number of amides is 1. The molecule has 0 saturated carbocycles. The number of hydrogen-bond acceptors (Lipinski definition) is 2. The Hall–Kier alpha value is -3.54. The van der Waals surface area contributed by atoms with Gasteiger partial charge in [0.2, 0.25) is 5.91 Å². The third kappa shape index (κ3) is 3.66. The van der Waals surface area contributed by atoms with Crippen molar-refractivity contribution in [3.05, 3.63) is 76.0 Å². The maximum absolute atomic E-state index is 14.3. The van der Waals surface area contributed by atoms with Gasteiger partial charge in [0.1, 0.15) is 11.6 Å². The second-order valence-electron chi connectivity index (χ2n) is 9.15. The highest BCUT2D eigenvalue weighted by Gasteiger charge is 2.23. The van der Waals surface area contributed by atoms with Crippen LogP contribution in [0.2, 0.25) is 0 Å². The van der Waals surface area contributed by atoms with Crippen molar-refractivity contribution in [2.24, 2.45) is 12.5 Å². The van der Waals surface area contributed by atoms with E-state index in [4.69, 9.17) is 0 Å². The van der Waals surface area contributed by atoms with E-state index in [0.717, 1.165) is 5.56 Å². The maximum atomic E-state index is 14.3. The van der Waals surface area contributed by atoms with E-state index in [-0.39, 0.29) is 16.7 Å². The molecule has 1 N–H and O–H groups in total. The molecule has 0 unspecified atom stereocenters. The lowest BCUT2D eigenvalue weighted by atomic mass is 9.93. The van der Waals surface area contributed by atoms with Crippen molar-refractivity contribution in [1.29, 1.82) is 0 Å². The summed E-state index contributed by atoms with van der Waals surface area (Å²) in [5.41, 5.74) is 2.37. The zero-order chi connectivity index (χ0) is 23.4. The second kappa shape index (κ2) is 7.55. The van der Waals surface area contributed by atoms with Gasteiger partial charge in [0.05, 0.1) is 16.4 Å². The minimum atomic E-state index is -0.663. The molecule has 4 nitrogen and oxygen atoms in total. The van der Waals surface area contributed by atoms with E-state index in [0.29, 0.717) is 33.2 Å². The number of pyridine rings is 1. The van der Waals surface area contributed by atoms with Gasteiger partial charge in [-0.2, -0.15) is 0 Å². The van der Waals surface area contributed by atoms with Crippen LogP contribution in [0.25, 0.3) is 32.9 Å². The molecule has 0 saturated heterocycles. The summed E-state index contributed by atoms with van der Waals surface area (Å²) in [5.74, 6) is -1.23. The van der Waals surface area contributed by atoms with E-state index >= 15 is 0 Å². The molecule has 6 heteroatoms. The van der Waals surface area contributed by atoms with E-state index in [9.17, 15) is 18.4 Å². The predicted molar refractivity (Wildman–Crippen MR) is 125 cm³/mol. The zero-order valence-corrected chi connectivity index (χ0v) is 18.6. The Kier molecular flexibility index (Phi) is 5.12. The van der Waals surface area contributed by atoms with Gasteiger partial charge in [-0.1, -0.05) is 26.8 Å². The average Bonchev–Trinajstić information content (AvgIpc) is 2.71. The number of halogens is 2. The van der Waals surface area contributed by atoms with E-state index in [1.165, 1.54) is 30.3 Å². The fraction of sp³-hybridized carbons (Fsp3) is 0.231. The monoisotopic (exact) mass is 434 g/mol. The van der Waals surface area contributed by atoms with Crippen molar-refractivity contribution in [2.75, 3.05) is 5.32 Å². The van der Waals surface area contributed by atoms with E-state index in [1.807, 2.05) is 17.6 Å². The van der Waals surface area contributed by atoms with Crippen molar-refractivity contribution >= 4 is 33.4 Å². The molecule has 1 heterocycles. The van der Waals surface area contributed by atoms with Gasteiger partial charge in [0.15, 0.2) is 5.43 Å². The molecule has 0 aliphatic heterocycles. The van der Waals surface area contributed by atoms with Gasteiger partial charge in [-0.3, -0.25) is 9.59 Å². The number of benzene rings is 3. The van der Waals surface area contributed by atoms with Gasteiger partial charge >= 0.3 is 0 Å². The zero-order valence-electron chi connectivity index (χ0n) is 18.6. The number of nitrogens with one attached hydrogen (secondary N) is 1. The molecule has 164 valence electrons. The standard InChI is InChI=1S/C26H24F2N2O2/c1-14-10-18(17-12-15(27)6-8-20(17)29-25(32)26(2,3)4)23-22(11-14)30(5)21-9-7-16(28)13-19(21)24(23)31/h6-13H,1-5H3,(H,29,32). The highest BCUT2D eigenvalue weighted by Crippen LogP contribution is 2.36. The predicted octanol–water partition coefficient (Wildman–Crippen LogP) is 5.93. The number of rotatable bonds is 2. The molecule has 1 amide bonds. The number of carbonyl (C=O) groups excluding carboxylic acids is 1. The Balaban J connectivity index is 2.11. The Morgan fingerprint density at radius 3 is 2.25 bits per heavy atom. The SMILES string of the molecule is Cc1cc(-c2cc(F)ccc2NC(=O)C(C)(C)C)c2c(=O)c3cc(F)ccc3n(C)c2c1. The Morgan fingerprint density at radius 1 is 0.906 bits per heavy atom. The van der Waals surface area contributed by atoms with Gasteiger partial charge in [0.25, 0.3) is 0 Å². The van der Waals surface area contributed by atoms with Crippen molar-refractivity contribution in [2.45, 2.75) is 27.7 Å². The van der Waals surface area contributed by atoms with Crippen LogP contribution in [0.15, 0.2) is 53.3 Å². The molecular weight excluding hydrogens is 410 g/mol. The largest absolute Gasteiger partial charge is 0.343 e. The fourth-order valence-electron chi connectivity index (χ4n) is 3.89. The second-order valence-corrected chi connectivity index (χ2v) is 9.15. The van der Waals surface area contributed by atoms with Crippen LogP contribution in [0, 0.1) is 24.0 Å². The summed E-state index contributed by atoms with van der Waals surface area (Å²) in [5, 5.41) is 3.44. The highest BCUT2D eigenvalue weighted by atomic mass is 19.1. The summed E-state index contributed by atoms with van der Waals surface area (Å²) in [7, 11) is 1.80. The van der Waals surface area contributed by atoms with Crippen molar-refractivity contribution in [3.8, 4) is 11.1 Å². The van der Waals surface area contributed by atoms with Crippen LogP contribution in [0.5, 0.6) is 0 Å². The third-order valence-electron chi connectivity index (χ3n) is 5.62. The summed E-state index contributed by atoms with van der Waals surface area (Å²) < 4.78 is 30.1. The van der Waals surface area contributed by atoms with E-state index < -0.39 is 17.0 Å². The average molecular weight is 434 g/mol. The third-order valence-corrected chi connectivity index (χ3v) is 5.62. The molecule has 3 aromatic carbocycles. The molecule has 4 aromatic rings. The van der Waals surface area contributed by atoms with Crippen LogP contribution in [-0.2, 0) is 11.8 Å². The number of aryl methyl sites for hydroxylation is 2. The van der Waals surface area contributed by atoms with Crippen LogP contribution >= 0.6 is 0 Å². The van der Waals surface area contributed by atoms with Gasteiger partial charge in [-0.05, 0) is 60.5 Å². The lowest BCUT2D eigenvalue weighted by molar-refractivity contribution is -0.123. The molecule has 4 rings (SSSR count). The Morgan fingerprint density at radius 2 is 1.56 bits per heavy atom. The minimum absolute atomic E-state index is 0.234. The first kappa shape index (κ1) is 21.7. The lowest BCUT2D eigenvalue weighted by Gasteiger charge is -2.21. The van der Waals surface area contributed by atoms with Crippen LogP contribution in [-0.4, -0.2) is 10.5 Å². The van der Waals surface area contributed by atoms with Crippen molar-refractivity contribution in [1.82, 2.24) is 4.57 Å². The molecule has 0 bridgehead atoms. The van der Waals surface area contributed by atoms with Crippen LogP contribution in [0.3, 0.4) is 0 Å². The van der Waals surface area contributed by atoms with Crippen LogP contribution < -0.4 is 10.7 Å². The number of aromatic nitrogens is 1. The summed E-state index contributed by atoms with van der Waals surface area (Å²) in [6, 6.07) is 11.8. The molecule has 0 spiro atoms. The molecule has 0 fully saturated rings. The van der Waals surface area contributed by atoms with E-state index in [2.05, 4.69) is 5.32 Å². The van der Waals surface area contributed by atoms with Gasteiger partial charge in [0, 0.05) is 29.1 Å². The normalized spacial score (nSPS) is 11.8. The molecule has 0 aliphatic rings. The van der Waals surface area contributed by atoms with Crippen molar-refractivity contribution in [3.63, 3.8) is 0 Å². The van der Waals surface area contributed by atoms with Gasteiger partial charge < -0.3 is 9.88 Å². The molecule has 1 aromatic heterocycles. The Labute approximate surface area is 184 Å². The fourth-order valence-corrected chi connectivity index (χ4v) is 3.89. The lowest BCUT2D eigenvalue weighted by Crippen LogP contribution is -2.27. The number of hydrogen-bond donors (Lipinski definition) is 1. The summed E-state index contributed by atoms with van der Waals surface area (Å²) in [6.45, 7) is 7.23. The van der Waals surface area contributed by atoms with E-state index in [1.54, 1.807) is 40.0 Å². The summed E-state index contributed by atoms with van der Waals surface area (Å²) >= 11 is 0. The quantitative estimate of drug-likeness (QED) is 0.398. The minimum Gasteiger partial charge on any atom is -0.343 e. The van der Waals surface area contributed by atoms with Gasteiger partial charge in [-0.15, -0.1) is 0 Å². The topological polar surface area (TPSA) is 51.1 Å². The van der Waals surface area contributed by atoms with Gasteiger partial charge in [-0.25, -0.2) is 8.78 Å². The molecular formula is C26H24F2N2O2. The highest BCUT2D eigenvalue weighted by molar-refractivity contribution is 6.06. The van der Waals surface area contributed by atoms with Crippen LogP contribution in [0.4, 0.5) is 14.5 Å².